The first-order valence-corrected chi connectivity index (χ1v) is 9.38. The molecule has 0 aromatic heterocycles. The van der Waals surface area contributed by atoms with Gasteiger partial charge in [-0.15, -0.1) is 0 Å². The van der Waals surface area contributed by atoms with Gasteiger partial charge >= 0.3 is 6.03 Å². The number of carbonyl (C=O) groups excluding carboxylic acids is 2. The lowest BCUT2D eigenvalue weighted by molar-refractivity contribution is -0.131. The molecule has 6 heteroatoms. The van der Waals surface area contributed by atoms with Gasteiger partial charge < -0.3 is 14.8 Å². The number of nitrogens with zero attached hydrogens (tertiary/aromatic N) is 1. The number of hydrogen-bond donors (Lipinski definition) is 1. The number of methoxy groups -OCH3 is 1. The summed E-state index contributed by atoms with van der Waals surface area (Å²) >= 11 is 0. The topological polar surface area (TPSA) is 67.9 Å². The third kappa shape index (κ3) is 4.44. The van der Waals surface area contributed by atoms with Crippen LogP contribution in [-0.2, 0) is 11.2 Å². The standard InChI is InChI=1S/C22H26N2O4/c1-16-4-8-19(9-5-16)28-15-14-24-20(25)22(2,23-21(24)26)13-12-17-6-10-18(27-3)11-7-17/h4-11H,12-15H2,1-3H3,(H,23,26)/t22-/m1/s1. The third-order valence-corrected chi connectivity index (χ3v) is 5.02. The summed E-state index contributed by atoms with van der Waals surface area (Å²) in [5.74, 6) is 1.30. The van der Waals surface area contributed by atoms with E-state index >= 15 is 0 Å². The Hall–Kier alpha value is -3.02. The molecule has 1 aliphatic rings. The van der Waals surface area contributed by atoms with E-state index in [0.29, 0.717) is 12.8 Å². The molecule has 148 valence electrons. The molecule has 0 bridgehead atoms. The molecular weight excluding hydrogens is 356 g/mol. The zero-order valence-electron chi connectivity index (χ0n) is 16.5. The molecule has 1 heterocycles. The molecule has 0 aliphatic carbocycles. The van der Waals surface area contributed by atoms with Crippen LogP contribution in [0.3, 0.4) is 0 Å². The molecule has 2 aromatic carbocycles. The van der Waals surface area contributed by atoms with Crippen molar-refractivity contribution in [2.24, 2.45) is 0 Å². The number of rotatable bonds is 8. The molecular formula is C22H26N2O4. The van der Waals surface area contributed by atoms with Gasteiger partial charge in [-0.2, -0.15) is 0 Å². The fourth-order valence-corrected chi connectivity index (χ4v) is 3.20. The largest absolute Gasteiger partial charge is 0.497 e. The summed E-state index contributed by atoms with van der Waals surface area (Å²) in [7, 11) is 1.62. The van der Waals surface area contributed by atoms with Gasteiger partial charge in [0.1, 0.15) is 23.6 Å². The predicted molar refractivity (Wildman–Crippen MR) is 107 cm³/mol. The maximum absolute atomic E-state index is 12.8. The van der Waals surface area contributed by atoms with E-state index in [4.69, 9.17) is 9.47 Å². The molecule has 0 unspecified atom stereocenters. The smallest absolute Gasteiger partial charge is 0.325 e. The normalized spacial score (nSPS) is 18.9. The quantitative estimate of drug-likeness (QED) is 0.711. The van der Waals surface area contributed by atoms with Crippen LogP contribution in [-0.4, -0.2) is 42.6 Å². The van der Waals surface area contributed by atoms with Gasteiger partial charge in [0.05, 0.1) is 13.7 Å². The average Bonchev–Trinajstić information content (AvgIpc) is 2.91. The molecule has 1 aliphatic heterocycles. The molecule has 3 rings (SSSR count). The molecule has 3 amide bonds. The highest BCUT2D eigenvalue weighted by Crippen LogP contribution is 2.24. The van der Waals surface area contributed by atoms with Gasteiger partial charge in [0.15, 0.2) is 0 Å². The van der Waals surface area contributed by atoms with Crippen molar-refractivity contribution in [2.75, 3.05) is 20.3 Å². The van der Waals surface area contributed by atoms with Crippen LogP contribution < -0.4 is 14.8 Å². The van der Waals surface area contributed by atoms with Crippen molar-refractivity contribution in [1.82, 2.24) is 10.2 Å². The van der Waals surface area contributed by atoms with Crippen LogP contribution in [0.1, 0.15) is 24.5 Å². The predicted octanol–water partition coefficient (Wildman–Crippen LogP) is 3.33. The first kappa shape index (κ1) is 19.7. The summed E-state index contributed by atoms with van der Waals surface area (Å²) in [5, 5.41) is 2.84. The van der Waals surface area contributed by atoms with Gasteiger partial charge in [0.2, 0.25) is 0 Å². The van der Waals surface area contributed by atoms with Crippen LogP contribution in [0.5, 0.6) is 11.5 Å². The van der Waals surface area contributed by atoms with Gasteiger partial charge in [0.25, 0.3) is 5.91 Å². The van der Waals surface area contributed by atoms with Crippen molar-refractivity contribution >= 4 is 11.9 Å². The average molecular weight is 382 g/mol. The molecule has 2 aromatic rings. The molecule has 1 atom stereocenters. The Morgan fingerprint density at radius 1 is 1.00 bits per heavy atom. The molecule has 28 heavy (non-hydrogen) atoms. The van der Waals surface area contributed by atoms with Crippen LogP contribution in [0, 0.1) is 6.92 Å². The number of nitrogens with one attached hydrogen (secondary N) is 1. The molecule has 6 nitrogen and oxygen atoms in total. The van der Waals surface area contributed by atoms with Crippen molar-refractivity contribution in [3.05, 3.63) is 59.7 Å². The molecule has 0 saturated carbocycles. The summed E-state index contributed by atoms with van der Waals surface area (Å²) in [4.78, 5) is 26.4. The van der Waals surface area contributed by atoms with Crippen LogP contribution >= 0.6 is 0 Å². The Kier molecular flexibility index (Phi) is 5.87. The van der Waals surface area contributed by atoms with Gasteiger partial charge in [-0.3, -0.25) is 9.69 Å². The minimum atomic E-state index is -0.902. The van der Waals surface area contributed by atoms with Crippen LogP contribution in [0.15, 0.2) is 48.5 Å². The molecule has 1 N–H and O–H groups in total. The van der Waals surface area contributed by atoms with E-state index in [2.05, 4.69) is 5.32 Å². The monoisotopic (exact) mass is 382 g/mol. The van der Waals surface area contributed by atoms with Crippen molar-refractivity contribution in [1.29, 1.82) is 0 Å². The first-order valence-electron chi connectivity index (χ1n) is 9.38. The van der Waals surface area contributed by atoms with Crippen LogP contribution in [0.2, 0.25) is 0 Å². The molecule has 0 radical (unpaired) electrons. The second-order valence-electron chi connectivity index (χ2n) is 7.23. The van der Waals surface area contributed by atoms with Gasteiger partial charge in [0, 0.05) is 0 Å². The molecule has 1 fully saturated rings. The lowest BCUT2D eigenvalue weighted by atomic mass is 9.93. The fraction of sp³-hybridized carbons (Fsp3) is 0.364. The number of amides is 3. The van der Waals surface area contributed by atoms with Gasteiger partial charge in [-0.05, 0) is 56.5 Å². The molecule has 1 saturated heterocycles. The zero-order chi connectivity index (χ0) is 20.1. The number of hydrogen-bond acceptors (Lipinski definition) is 4. The molecule has 0 spiro atoms. The lowest BCUT2D eigenvalue weighted by Gasteiger charge is -2.21. The minimum Gasteiger partial charge on any atom is -0.497 e. The summed E-state index contributed by atoms with van der Waals surface area (Å²) in [6.45, 7) is 4.26. The minimum absolute atomic E-state index is 0.210. The van der Waals surface area contributed by atoms with E-state index in [1.807, 2.05) is 55.5 Å². The Bertz CT molecular complexity index is 833. The third-order valence-electron chi connectivity index (χ3n) is 5.02. The number of urea groups is 1. The van der Waals surface area contributed by atoms with Crippen molar-refractivity contribution < 1.29 is 19.1 Å². The number of carbonyl (C=O) groups is 2. The van der Waals surface area contributed by atoms with Crippen LogP contribution in [0.25, 0.3) is 0 Å². The second kappa shape index (κ2) is 8.33. The zero-order valence-corrected chi connectivity index (χ0v) is 16.5. The SMILES string of the molecule is COc1ccc(CC[C@@]2(C)NC(=O)N(CCOc3ccc(C)cc3)C2=O)cc1. The lowest BCUT2D eigenvalue weighted by Crippen LogP contribution is -2.44. The summed E-state index contributed by atoms with van der Waals surface area (Å²) in [6, 6.07) is 15.0. The summed E-state index contributed by atoms with van der Waals surface area (Å²) < 4.78 is 10.8. The van der Waals surface area contributed by atoms with Crippen molar-refractivity contribution in [3.63, 3.8) is 0 Å². The van der Waals surface area contributed by atoms with E-state index in [9.17, 15) is 9.59 Å². The maximum atomic E-state index is 12.8. The van der Waals surface area contributed by atoms with Gasteiger partial charge in [-0.25, -0.2) is 4.79 Å². The Labute approximate surface area is 165 Å². The van der Waals surface area contributed by atoms with Gasteiger partial charge in [-0.1, -0.05) is 29.8 Å². The van der Waals surface area contributed by atoms with Crippen LogP contribution in [0.4, 0.5) is 4.79 Å². The highest BCUT2D eigenvalue weighted by atomic mass is 16.5. The number of aryl methyl sites for hydroxylation is 2. The van der Waals surface area contributed by atoms with Crippen molar-refractivity contribution in [3.8, 4) is 11.5 Å². The second-order valence-corrected chi connectivity index (χ2v) is 7.23. The van der Waals surface area contributed by atoms with Crippen molar-refractivity contribution in [2.45, 2.75) is 32.2 Å². The number of imide groups is 1. The maximum Gasteiger partial charge on any atom is 0.325 e. The number of benzene rings is 2. The summed E-state index contributed by atoms with van der Waals surface area (Å²) in [5.41, 5.74) is 1.33. The van der Waals surface area contributed by atoms with E-state index in [1.54, 1.807) is 14.0 Å². The Morgan fingerprint density at radius 2 is 1.64 bits per heavy atom. The highest BCUT2D eigenvalue weighted by molar-refractivity contribution is 6.06. The van der Waals surface area contributed by atoms with E-state index in [0.717, 1.165) is 22.6 Å². The highest BCUT2D eigenvalue weighted by Gasteiger charge is 2.47. The Balaban J connectivity index is 1.54. The summed E-state index contributed by atoms with van der Waals surface area (Å²) in [6.07, 6.45) is 1.21. The van der Waals surface area contributed by atoms with E-state index in [1.165, 1.54) is 4.90 Å². The first-order chi connectivity index (χ1) is 13.4. The number of ether oxygens (including phenoxy) is 2. The fourth-order valence-electron chi connectivity index (χ4n) is 3.20. The van der Waals surface area contributed by atoms with E-state index < -0.39 is 5.54 Å². The Morgan fingerprint density at radius 3 is 2.29 bits per heavy atom. The van der Waals surface area contributed by atoms with E-state index in [-0.39, 0.29) is 25.1 Å².